The number of nitrogens with zero attached hydrogens (tertiary/aromatic N) is 3. The minimum atomic E-state index is -1.08. The second-order valence-electron chi connectivity index (χ2n) is 10.4. The van der Waals surface area contributed by atoms with Gasteiger partial charge < -0.3 is 0 Å². The standard InChI is InChI=1S/C32H22ClN3O4/c1-18-23(33)13-8-14-24(18)34-17-32-21-11-4-2-9-19(21)27(20-10-3-5-12-22(20)32)28-29(32)31(38)35(30(28)37)25-15-6-7-16-26(25)36(39)40/h2-17,27-29H,1H3/t27?,28-,29-,32?/m1/s1. The van der Waals surface area contributed by atoms with Crippen LogP contribution in [0.15, 0.2) is 96.0 Å². The molecular weight excluding hydrogens is 526 g/mol. The first-order chi connectivity index (χ1) is 19.4. The van der Waals surface area contributed by atoms with E-state index in [1.165, 1.54) is 18.2 Å². The Kier molecular flexibility index (Phi) is 5.31. The van der Waals surface area contributed by atoms with Gasteiger partial charge in [0.25, 0.3) is 5.69 Å². The molecule has 1 fully saturated rings. The molecule has 1 heterocycles. The van der Waals surface area contributed by atoms with Crippen molar-refractivity contribution in [3.8, 4) is 0 Å². The van der Waals surface area contributed by atoms with Crippen LogP contribution in [0.25, 0.3) is 0 Å². The maximum Gasteiger partial charge on any atom is 0.293 e. The van der Waals surface area contributed by atoms with E-state index in [1.807, 2.05) is 67.6 Å². The van der Waals surface area contributed by atoms with Gasteiger partial charge in [-0.05, 0) is 52.9 Å². The van der Waals surface area contributed by atoms with Gasteiger partial charge in [-0.3, -0.25) is 24.7 Å². The summed E-state index contributed by atoms with van der Waals surface area (Å²) in [6, 6.07) is 27.1. The van der Waals surface area contributed by atoms with Crippen LogP contribution >= 0.6 is 11.6 Å². The number of hydrogen-bond acceptors (Lipinski definition) is 5. The second kappa shape index (κ2) is 8.69. The highest BCUT2D eigenvalue weighted by atomic mass is 35.5. The Morgan fingerprint density at radius 3 is 2.17 bits per heavy atom. The Labute approximate surface area is 234 Å². The van der Waals surface area contributed by atoms with Crippen molar-refractivity contribution in [3.05, 3.63) is 134 Å². The molecule has 0 N–H and O–H groups in total. The molecule has 4 aliphatic rings. The van der Waals surface area contributed by atoms with E-state index < -0.39 is 34.0 Å². The van der Waals surface area contributed by atoms with Crippen LogP contribution in [0.2, 0.25) is 5.02 Å². The summed E-state index contributed by atoms with van der Waals surface area (Å²) in [5.41, 5.74) is 3.83. The normalized spacial score (nSPS) is 24.2. The van der Waals surface area contributed by atoms with Gasteiger partial charge in [0.1, 0.15) is 5.69 Å². The number of nitro groups is 1. The van der Waals surface area contributed by atoms with Crippen LogP contribution in [-0.2, 0) is 15.0 Å². The van der Waals surface area contributed by atoms with Crippen LogP contribution in [0.1, 0.15) is 33.7 Å². The Bertz CT molecular complexity index is 1750. The number of hydrogen-bond donors (Lipinski definition) is 0. The molecule has 3 aliphatic carbocycles. The van der Waals surface area contributed by atoms with Gasteiger partial charge in [0, 0.05) is 23.2 Å². The Balaban J connectivity index is 1.52. The SMILES string of the molecule is Cc1c(Cl)cccc1N=CC12c3ccccc3C(c3ccccc31)[C@H]1C(=O)N(c3ccccc3[N+](=O)[O-])C(=O)[C@@H]12. The number of carbonyl (C=O) groups excluding carboxylic acids is 2. The lowest BCUT2D eigenvalue weighted by Gasteiger charge is -2.52. The minimum absolute atomic E-state index is 0.0119. The molecule has 40 heavy (non-hydrogen) atoms. The Morgan fingerprint density at radius 1 is 0.875 bits per heavy atom. The zero-order chi connectivity index (χ0) is 27.8. The van der Waals surface area contributed by atoms with Crippen molar-refractivity contribution in [1.82, 2.24) is 0 Å². The van der Waals surface area contributed by atoms with Crippen molar-refractivity contribution < 1.29 is 14.5 Å². The van der Waals surface area contributed by atoms with Crippen molar-refractivity contribution >= 4 is 46.7 Å². The molecule has 0 aromatic heterocycles. The van der Waals surface area contributed by atoms with Crippen LogP contribution in [0.5, 0.6) is 0 Å². The number of benzene rings is 4. The third kappa shape index (κ3) is 3.09. The number of aliphatic imine (C=N–C) groups is 1. The van der Waals surface area contributed by atoms with E-state index in [1.54, 1.807) is 18.3 Å². The average Bonchev–Trinajstić information content (AvgIpc) is 3.24. The topological polar surface area (TPSA) is 92.9 Å². The molecule has 4 aromatic carbocycles. The van der Waals surface area contributed by atoms with Gasteiger partial charge in [-0.15, -0.1) is 0 Å². The molecule has 1 aliphatic heterocycles. The number of anilines is 1. The van der Waals surface area contributed by atoms with Crippen molar-refractivity contribution in [1.29, 1.82) is 0 Å². The summed E-state index contributed by atoms with van der Waals surface area (Å²) in [4.78, 5) is 46.0. The first-order valence-electron chi connectivity index (χ1n) is 13.0. The summed E-state index contributed by atoms with van der Waals surface area (Å²) in [7, 11) is 0. The maximum absolute atomic E-state index is 14.5. The molecule has 2 atom stereocenters. The molecule has 8 heteroatoms. The molecule has 0 unspecified atom stereocenters. The van der Waals surface area contributed by atoms with Crippen LogP contribution < -0.4 is 4.90 Å². The zero-order valence-electron chi connectivity index (χ0n) is 21.3. The summed E-state index contributed by atoms with van der Waals surface area (Å²) in [6.07, 6.45) is 1.80. The largest absolute Gasteiger partial charge is 0.293 e. The smallest absolute Gasteiger partial charge is 0.274 e. The Hall–Kier alpha value is -4.62. The third-order valence-corrected chi connectivity index (χ3v) is 9.06. The van der Waals surface area contributed by atoms with Crippen LogP contribution in [-0.4, -0.2) is 23.0 Å². The van der Waals surface area contributed by atoms with Gasteiger partial charge in [0.05, 0.1) is 27.9 Å². The molecule has 0 saturated carbocycles. The van der Waals surface area contributed by atoms with E-state index in [-0.39, 0.29) is 17.3 Å². The van der Waals surface area contributed by atoms with Crippen LogP contribution in [0, 0.1) is 28.9 Å². The summed E-state index contributed by atoms with van der Waals surface area (Å²) < 4.78 is 0. The molecule has 0 radical (unpaired) electrons. The number of nitro benzene ring substituents is 1. The molecule has 7 nitrogen and oxygen atoms in total. The number of para-hydroxylation sites is 2. The van der Waals surface area contributed by atoms with E-state index in [0.717, 1.165) is 32.7 Å². The fourth-order valence-corrected chi connectivity index (χ4v) is 7.17. The molecule has 2 amide bonds. The van der Waals surface area contributed by atoms with Crippen molar-refractivity contribution in [2.75, 3.05) is 4.90 Å². The van der Waals surface area contributed by atoms with Gasteiger partial charge in [-0.1, -0.05) is 78.3 Å². The summed E-state index contributed by atoms with van der Waals surface area (Å²) in [6.45, 7) is 1.88. The van der Waals surface area contributed by atoms with Crippen molar-refractivity contribution in [3.63, 3.8) is 0 Å². The Morgan fingerprint density at radius 2 is 1.50 bits per heavy atom. The average molecular weight is 548 g/mol. The van der Waals surface area contributed by atoms with Crippen molar-refractivity contribution in [2.45, 2.75) is 18.3 Å². The predicted octanol–water partition coefficient (Wildman–Crippen LogP) is 6.51. The summed E-state index contributed by atoms with van der Waals surface area (Å²) >= 11 is 6.40. The fourth-order valence-electron chi connectivity index (χ4n) is 7.00. The van der Waals surface area contributed by atoms with Gasteiger partial charge in [0.2, 0.25) is 11.8 Å². The molecular formula is C32H22ClN3O4. The number of halogens is 1. The first kappa shape index (κ1) is 24.4. The van der Waals surface area contributed by atoms with E-state index in [4.69, 9.17) is 16.6 Å². The van der Waals surface area contributed by atoms with Crippen LogP contribution in [0.3, 0.4) is 0 Å². The van der Waals surface area contributed by atoms with E-state index in [2.05, 4.69) is 0 Å². The number of rotatable bonds is 4. The molecule has 0 spiro atoms. The third-order valence-electron chi connectivity index (χ3n) is 8.65. The van der Waals surface area contributed by atoms with E-state index in [0.29, 0.717) is 10.7 Å². The number of carbonyl (C=O) groups is 2. The lowest BCUT2D eigenvalue weighted by atomic mass is 9.47. The zero-order valence-corrected chi connectivity index (χ0v) is 22.1. The molecule has 2 bridgehead atoms. The molecule has 1 saturated heterocycles. The van der Waals surface area contributed by atoms with Crippen molar-refractivity contribution in [2.24, 2.45) is 16.8 Å². The molecule has 4 aromatic rings. The number of amides is 2. The summed E-state index contributed by atoms with van der Waals surface area (Å²) in [5, 5.41) is 12.5. The summed E-state index contributed by atoms with van der Waals surface area (Å²) in [5.74, 6) is -2.85. The maximum atomic E-state index is 14.5. The highest BCUT2D eigenvalue weighted by molar-refractivity contribution is 6.31. The second-order valence-corrected chi connectivity index (χ2v) is 10.8. The lowest BCUT2D eigenvalue weighted by Crippen LogP contribution is -2.54. The van der Waals surface area contributed by atoms with Gasteiger partial charge in [0.15, 0.2) is 0 Å². The van der Waals surface area contributed by atoms with E-state index >= 15 is 0 Å². The lowest BCUT2D eigenvalue weighted by molar-refractivity contribution is -0.384. The van der Waals surface area contributed by atoms with Gasteiger partial charge in [-0.2, -0.15) is 0 Å². The van der Waals surface area contributed by atoms with Crippen LogP contribution in [0.4, 0.5) is 17.1 Å². The van der Waals surface area contributed by atoms with Gasteiger partial charge >= 0.3 is 0 Å². The first-order valence-corrected chi connectivity index (χ1v) is 13.3. The molecule has 8 rings (SSSR count). The highest BCUT2D eigenvalue weighted by Crippen LogP contribution is 2.64. The predicted molar refractivity (Wildman–Crippen MR) is 152 cm³/mol. The monoisotopic (exact) mass is 547 g/mol. The minimum Gasteiger partial charge on any atom is -0.274 e. The van der Waals surface area contributed by atoms with Gasteiger partial charge in [-0.25, -0.2) is 4.90 Å². The fraction of sp³-hybridized carbons (Fsp3) is 0.156. The van der Waals surface area contributed by atoms with E-state index in [9.17, 15) is 19.7 Å². The number of imide groups is 1. The molecule has 196 valence electrons. The quantitative estimate of drug-likeness (QED) is 0.126. The highest BCUT2D eigenvalue weighted by Gasteiger charge is 2.68.